The highest BCUT2D eigenvalue weighted by molar-refractivity contribution is 7.92. The maximum absolute atomic E-state index is 12.7. The molecule has 2 atom stereocenters. The lowest BCUT2D eigenvalue weighted by Gasteiger charge is -2.15. The van der Waals surface area contributed by atoms with Gasteiger partial charge in [-0.3, -0.25) is 0 Å². The molecule has 0 aliphatic carbocycles. The van der Waals surface area contributed by atoms with Gasteiger partial charge in [-0.05, 0) is 37.1 Å². The number of nitrogens with zero attached hydrogens (tertiary/aromatic N) is 2. The number of benzene rings is 2. The first-order valence-corrected chi connectivity index (χ1v) is 14.5. The Morgan fingerprint density at radius 3 is 1.39 bits per heavy atom. The van der Waals surface area contributed by atoms with E-state index in [-0.39, 0.29) is 36.0 Å². The van der Waals surface area contributed by atoms with E-state index in [9.17, 15) is 26.4 Å². The van der Waals surface area contributed by atoms with Gasteiger partial charge < -0.3 is 9.68 Å². The van der Waals surface area contributed by atoms with E-state index in [2.05, 4.69) is 0 Å². The molecule has 12 heteroatoms. The molecule has 2 unspecified atom stereocenters. The fourth-order valence-electron chi connectivity index (χ4n) is 4.12. The van der Waals surface area contributed by atoms with Crippen LogP contribution in [0, 0.1) is 0 Å². The van der Waals surface area contributed by atoms with Crippen LogP contribution in [0.2, 0.25) is 0 Å². The predicted octanol–water partition coefficient (Wildman–Crippen LogP) is 1.56. The average Bonchev–Trinajstić information content (AvgIpc) is 3.54. The minimum absolute atomic E-state index is 0.0201. The minimum Gasteiger partial charge on any atom is -0.364 e. The predicted molar refractivity (Wildman–Crippen MR) is 129 cm³/mol. The monoisotopic (exact) mass is 534 g/mol. The average molecular weight is 535 g/mol. The van der Waals surface area contributed by atoms with Crippen LogP contribution in [0.25, 0.3) is 0 Å². The van der Waals surface area contributed by atoms with Crippen molar-refractivity contribution in [2.24, 2.45) is 0 Å². The van der Waals surface area contributed by atoms with Crippen molar-refractivity contribution in [2.45, 2.75) is 33.1 Å². The Bertz CT molecular complexity index is 1230. The Hall–Kier alpha value is -3.06. The quantitative estimate of drug-likeness (QED) is 0.460. The number of rotatable bonds is 8. The van der Waals surface area contributed by atoms with Gasteiger partial charge in [0, 0.05) is 25.2 Å². The summed E-state index contributed by atoms with van der Waals surface area (Å²) in [6.07, 6.45) is 2.38. The summed E-state index contributed by atoms with van der Waals surface area (Å²) in [4.78, 5) is 34.9. The van der Waals surface area contributed by atoms with Gasteiger partial charge in [-0.2, -0.15) is 0 Å². The van der Waals surface area contributed by atoms with Crippen LogP contribution in [0.4, 0.5) is 0 Å². The molecule has 2 heterocycles. The highest BCUT2D eigenvalue weighted by atomic mass is 32.2. The first-order chi connectivity index (χ1) is 17.2. The van der Waals surface area contributed by atoms with Gasteiger partial charge in [0.1, 0.15) is 0 Å². The number of hydroxylamine groups is 4. The molecule has 36 heavy (non-hydrogen) atoms. The van der Waals surface area contributed by atoms with Crippen molar-refractivity contribution in [3.63, 3.8) is 0 Å². The van der Waals surface area contributed by atoms with Crippen LogP contribution < -0.4 is 0 Å². The third-order valence-electron chi connectivity index (χ3n) is 6.03. The topological polar surface area (TPSA) is 127 Å². The Balaban J connectivity index is 1.24. The van der Waals surface area contributed by atoms with E-state index in [1.54, 1.807) is 36.4 Å². The molecule has 2 saturated heterocycles. The normalized spacial score (nSPS) is 21.6. The fourth-order valence-corrected chi connectivity index (χ4v) is 7.52. The van der Waals surface area contributed by atoms with E-state index < -0.39 is 42.1 Å². The molecule has 0 spiro atoms. The molecular formula is C24H26N2O8S2. The van der Waals surface area contributed by atoms with Crippen molar-refractivity contribution in [1.82, 2.24) is 10.1 Å². The highest BCUT2D eigenvalue weighted by Gasteiger charge is 2.37. The molecule has 0 amide bonds. The van der Waals surface area contributed by atoms with E-state index in [0.29, 0.717) is 12.8 Å². The zero-order chi connectivity index (χ0) is 25.8. The molecule has 2 fully saturated rings. The first kappa shape index (κ1) is 26.0. The Labute approximate surface area is 209 Å². The maximum atomic E-state index is 12.7. The van der Waals surface area contributed by atoms with Crippen LogP contribution in [0.1, 0.15) is 12.8 Å². The molecule has 2 aromatic carbocycles. The van der Waals surface area contributed by atoms with Crippen molar-refractivity contribution in [3.8, 4) is 0 Å². The van der Waals surface area contributed by atoms with E-state index in [1.807, 2.05) is 0 Å². The molecule has 192 valence electrons. The van der Waals surface area contributed by atoms with Gasteiger partial charge >= 0.3 is 11.9 Å². The van der Waals surface area contributed by atoms with Gasteiger partial charge in [-0.25, -0.2) is 26.4 Å². The molecule has 2 aliphatic heterocycles. The van der Waals surface area contributed by atoms with Gasteiger partial charge in [-0.1, -0.05) is 36.4 Å². The van der Waals surface area contributed by atoms with Gasteiger partial charge in [0.2, 0.25) is 0 Å². The fraction of sp³-hybridized carbons (Fsp3) is 0.333. The largest absolute Gasteiger partial charge is 0.364 e. The van der Waals surface area contributed by atoms with Crippen molar-refractivity contribution in [1.29, 1.82) is 0 Å². The molecule has 10 nitrogen and oxygen atoms in total. The van der Waals surface area contributed by atoms with Crippen molar-refractivity contribution >= 4 is 31.6 Å². The molecule has 4 rings (SSSR count). The van der Waals surface area contributed by atoms with Crippen molar-refractivity contribution < 1.29 is 36.1 Å². The minimum atomic E-state index is -3.55. The van der Waals surface area contributed by atoms with E-state index >= 15 is 0 Å². The smallest absolute Gasteiger partial charge is 0.349 e. The van der Waals surface area contributed by atoms with Gasteiger partial charge in [0.15, 0.2) is 19.7 Å². The van der Waals surface area contributed by atoms with Gasteiger partial charge in [-0.15, -0.1) is 10.1 Å². The first-order valence-electron chi connectivity index (χ1n) is 11.4. The Kier molecular flexibility index (Phi) is 7.88. The summed E-state index contributed by atoms with van der Waals surface area (Å²) >= 11 is 0. The number of carbonyl (C=O) groups is 2. The van der Waals surface area contributed by atoms with Crippen LogP contribution in [0.15, 0.2) is 82.6 Å². The molecular weight excluding hydrogens is 508 g/mol. The summed E-state index contributed by atoms with van der Waals surface area (Å²) in [5.74, 6) is -1.70. The number of hydrogen-bond donors (Lipinski definition) is 0. The third kappa shape index (κ3) is 6.01. The summed E-state index contributed by atoms with van der Waals surface area (Å²) in [5, 5.41) is 1.08. The van der Waals surface area contributed by atoms with Crippen LogP contribution >= 0.6 is 0 Å². The zero-order valence-corrected chi connectivity index (χ0v) is 20.9. The number of sulfone groups is 2. The van der Waals surface area contributed by atoms with Crippen LogP contribution in [0.3, 0.4) is 0 Å². The van der Waals surface area contributed by atoms with Gasteiger partial charge in [0.25, 0.3) is 0 Å². The van der Waals surface area contributed by atoms with Crippen molar-refractivity contribution in [2.75, 3.05) is 26.2 Å². The Morgan fingerprint density at radius 2 is 1.03 bits per heavy atom. The number of hydrogen-bond acceptors (Lipinski definition) is 10. The Morgan fingerprint density at radius 1 is 0.667 bits per heavy atom. The highest BCUT2D eigenvalue weighted by Crippen LogP contribution is 2.25. The summed E-state index contributed by atoms with van der Waals surface area (Å²) < 4.78 is 50.9. The van der Waals surface area contributed by atoms with Crippen LogP contribution in [-0.4, -0.2) is 75.6 Å². The standard InChI is InChI=1S/C24H26N2O8S2/c27-23(33-25-15-13-21(17-25)35(29,30)19-7-3-1-4-8-19)11-12-24(28)34-26-16-14-22(18-26)36(31,32)20-9-5-2-6-10-20/h1-12,21-22H,13-18H2/b12-11-. The summed E-state index contributed by atoms with van der Waals surface area (Å²) in [7, 11) is -7.11. The molecule has 0 saturated carbocycles. The van der Waals surface area contributed by atoms with E-state index in [4.69, 9.17) is 9.68 Å². The third-order valence-corrected chi connectivity index (χ3v) is 10.4. The zero-order valence-electron chi connectivity index (χ0n) is 19.3. The SMILES string of the molecule is O=C(/C=C\C(=O)ON1CCC(S(=O)(=O)c2ccccc2)C1)ON1CCC(S(=O)(=O)c2ccccc2)C1. The van der Waals surface area contributed by atoms with Crippen LogP contribution in [-0.2, 0) is 38.9 Å². The lowest BCUT2D eigenvalue weighted by atomic mass is 10.4. The molecule has 2 aliphatic rings. The molecule has 0 aromatic heterocycles. The lowest BCUT2D eigenvalue weighted by molar-refractivity contribution is -0.181. The molecule has 2 aromatic rings. The second kappa shape index (κ2) is 10.9. The summed E-state index contributed by atoms with van der Waals surface area (Å²) in [5.41, 5.74) is 0. The van der Waals surface area contributed by atoms with E-state index in [1.165, 1.54) is 34.4 Å². The number of carbonyl (C=O) groups excluding carboxylic acids is 2. The second-order valence-corrected chi connectivity index (χ2v) is 12.9. The summed E-state index contributed by atoms with van der Waals surface area (Å²) in [6, 6.07) is 16.2. The van der Waals surface area contributed by atoms with Gasteiger partial charge in [0.05, 0.1) is 33.4 Å². The lowest BCUT2D eigenvalue weighted by Crippen LogP contribution is -2.29. The van der Waals surface area contributed by atoms with E-state index in [0.717, 1.165) is 12.2 Å². The molecule has 0 radical (unpaired) electrons. The molecule has 0 bridgehead atoms. The van der Waals surface area contributed by atoms with Crippen molar-refractivity contribution in [3.05, 3.63) is 72.8 Å². The van der Waals surface area contributed by atoms with Crippen LogP contribution in [0.5, 0.6) is 0 Å². The second-order valence-electron chi connectivity index (χ2n) is 8.47. The summed E-state index contributed by atoms with van der Waals surface area (Å²) in [6.45, 7) is 0.524. The molecule has 0 N–H and O–H groups in total. The maximum Gasteiger partial charge on any atom is 0.349 e.